The van der Waals surface area contributed by atoms with Gasteiger partial charge >= 0.3 is 0 Å². The molecule has 1 heterocycles. The summed E-state index contributed by atoms with van der Waals surface area (Å²) in [5, 5.41) is 3.99. The van der Waals surface area contributed by atoms with Crippen molar-refractivity contribution >= 4 is 24.1 Å². The highest BCUT2D eigenvalue weighted by atomic mass is 16.6. The van der Waals surface area contributed by atoms with Gasteiger partial charge in [0.05, 0.1) is 17.9 Å². The fourth-order valence-corrected chi connectivity index (χ4v) is 2.74. The molecule has 0 N–H and O–H groups in total. The number of nitrogens with zero attached hydrogens (tertiary/aromatic N) is 2. The summed E-state index contributed by atoms with van der Waals surface area (Å²) in [6.07, 6.45) is 3.34. The maximum atomic E-state index is 12.1. The number of aldehydes is 1. The van der Waals surface area contributed by atoms with E-state index in [-0.39, 0.29) is 5.91 Å². The largest absolute Gasteiger partial charge is 0.391 e. The van der Waals surface area contributed by atoms with Crippen LogP contribution in [0.25, 0.3) is 0 Å². The van der Waals surface area contributed by atoms with Crippen molar-refractivity contribution in [1.82, 2.24) is 0 Å². The molecule has 5 heteroatoms. The topological polar surface area (TPSA) is 59.0 Å². The van der Waals surface area contributed by atoms with Crippen LogP contribution < -0.4 is 4.90 Å². The normalized spacial score (nSPS) is 17.4. The highest BCUT2D eigenvalue weighted by molar-refractivity contribution is 6.04. The molecular formula is C19H18N2O3. The third-order valence-electron chi connectivity index (χ3n) is 3.95. The quantitative estimate of drug-likeness (QED) is 0.467. The van der Waals surface area contributed by atoms with Crippen molar-refractivity contribution in [2.75, 3.05) is 4.90 Å². The van der Waals surface area contributed by atoms with Crippen molar-refractivity contribution in [3.8, 4) is 0 Å². The van der Waals surface area contributed by atoms with E-state index in [9.17, 15) is 9.59 Å². The highest BCUT2D eigenvalue weighted by Gasteiger charge is 2.32. The van der Waals surface area contributed by atoms with Gasteiger partial charge in [0, 0.05) is 12.0 Å². The van der Waals surface area contributed by atoms with Gasteiger partial charge in [-0.25, -0.2) is 0 Å². The molecule has 0 aliphatic carbocycles. The number of anilines is 1. The van der Waals surface area contributed by atoms with E-state index in [0.717, 1.165) is 17.4 Å². The fourth-order valence-electron chi connectivity index (χ4n) is 2.74. The van der Waals surface area contributed by atoms with Gasteiger partial charge in [-0.3, -0.25) is 4.79 Å². The molecule has 24 heavy (non-hydrogen) atoms. The van der Waals surface area contributed by atoms with Gasteiger partial charge in [0.2, 0.25) is 5.91 Å². The summed E-state index contributed by atoms with van der Waals surface area (Å²) in [6.45, 7) is 0.374. The Kier molecular flexibility index (Phi) is 5.01. The molecular weight excluding hydrogens is 304 g/mol. The molecule has 0 aromatic heterocycles. The average Bonchev–Trinajstić information content (AvgIpc) is 3.00. The van der Waals surface area contributed by atoms with E-state index in [1.54, 1.807) is 11.1 Å². The number of hydrogen-bond acceptors (Lipinski definition) is 4. The Morgan fingerprint density at radius 1 is 1.12 bits per heavy atom. The van der Waals surface area contributed by atoms with Crippen LogP contribution in [0.4, 0.5) is 5.69 Å². The molecule has 5 nitrogen and oxygen atoms in total. The number of oxime groups is 1. The van der Waals surface area contributed by atoms with Gasteiger partial charge in [-0.15, -0.1) is 0 Å². The second-order valence-electron chi connectivity index (χ2n) is 5.56. The molecule has 0 spiro atoms. The van der Waals surface area contributed by atoms with E-state index in [1.807, 2.05) is 54.6 Å². The van der Waals surface area contributed by atoms with Gasteiger partial charge in [-0.2, -0.15) is 0 Å². The van der Waals surface area contributed by atoms with Crippen LogP contribution in [0, 0.1) is 0 Å². The predicted octanol–water partition coefficient (Wildman–Crippen LogP) is 2.93. The lowest BCUT2D eigenvalue weighted by Gasteiger charge is -2.22. The number of rotatable bonds is 6. The first kappa shape index (κ1) is 15.9. The van der Waals surface area contributed by atoms with Crippen LogP contribution in [0.15, 0.2) is 59.8 Å². The summed E-state index contributed by atoms with van der Waals surface area (Å²) < 4.78 is 0. The van der Waals surface area contributed by atoms with Gasteiger partial charge in [-0.1, -0.05) is 53.7 Å². The Balaban J connectivity index is 1.73. The molecule has 122 valence electrons. The van der Waals surface area contributed by atoms with Crippen LogP contribution in [-0.4, -0.2) is 24.4 Å². The SMILES string of the molecule is O=C[C@@H]1CCC(=O)N1c1ccccc1/C=N\OCc1ccccc1. The van der Waals surface area contributed by atoms with Crippen molar-refractivity contribution in [3.63, 3.8) is 0 Å². The van der Waals surface area contributed by atoms with Crippen LogP contribution in [0.1, 0.15) is 24.0 Å². The Morgan fingerprint density at radius 3 is 2.67 bits per heavy atom. The minimum Gasteiger partial charge on any atom is -0.391 e. The van der Waals surface area contributed by atoms with Crippen LogP contribution in [0.2, 0.25) is 0 Å². The Bertz CT molecular complexity index is 743. The molecule has 1 fully saturated rings. The van der Waals surface area contributed by atoms with Crippen molar-refractivity contribution < 1.29 is 14.4 Å². The summed E-state index contributed by atoms with van der Waals surface area (Å²) in [5.74, 6) is -0.0434. The maximum Gasteiger partial charge on any atom is 0.227 e. The summed E-state index contributed by atoms with van der Waals surface area (Å²) in [6, 6.07) is 16.7. The standard InChI is InChI=1S/C19H18N2O3/c22-13-17-10-11-19(23)21(17)18-9-5-4-8-16(18)12-20-24-14-15-6-2-1-3-7-15/h1-9,12-13,17H,10-11,14H2/b20-12-/t17-/m0/s1. The van der Waals surface area contributed by atoms with Crippen molar-refractivity contribution in [1.29, 1.82) is 0 Å². The van der Waals surface area contributed by atoms with Crippen molar-refractivity contribution in [2.45, 2.75) is 25.5 Å². The molecule has 0 radical (unpaired) electrons. The third kappa shape index (κ3) is 3.51. The zero-order valence-corrected chi connectivity index (χ0v) is 13.2. The van der Waals surface area contributed by atoms with Gasteiger partial charge < -0.3 is 14.5 Å². The fraction of sp³-hybridized carbons (Fsp3) is 0.211. The first-order chi connectivity index (χ1) is 11.8. The number of benzene rings is 2. The number of para-hydroxylation sites is 1. The van der Waals surface area contributed by atoms with E-state index in [2.05, 4.69) is 5.16 Å². The molecule has 0 bridgehead atoms. The number of hydrogen-bond donors (Lipinski definition) is 0. The van der Waals surface area contributed by atoms with E-state index in [4.69, 9.17) is 4.84 Å². The Hall–Kier alpha value is -2.95. The molecule has 3 rings (SSSR count). The predicted molar refractivity (Wildman–Crippen MR) is 91.8 cm³/mol. The van der Waals surface area contributed by atoms with Crippen LogP contribution >= 0.6 is 0 Å². The van der Waals surface area contributed by atoms with E-state index < -0.39 is 6.04 Å². The second kappa shape index (κ2) is 7.55. The molecule has 1 aliphatic heterocycles. The molecule has 1 atom stereocenters. The lowest BCUT2D eigenvalue weighted by Crippen LogP contribution is -2.34. The summed E-state index contributed by atoms with van der Waals surface area (Å²) in [5.41, 5.74) is 2.45. The van der Waals surface area contributed by atoms with Gasteiger partial charge in [0.15, 0.2) is 0 Å². The first-order valence-electron chi connectivity index (χ1n) is 7.85. The zero-order chi connectivity index (χ0) is 16.8. The Morgan fingerprint density at radius 2 is 1.88 bits per heavy atom. The Labute approximate surface area is 140 Å². The zero-order valence-electron chi connectivity index (χ0n) is 13.2. The highest BCUT2D eigenvalue weighted by Crippen LogP contribution is 2.28. The number of carbonyl (C=O) groups excluding carboxylic acids is 2. The van der Waals surface area contributed by atoms with Crippen LogP contribution in [0.3, 0.4) is 0 Å². The van der Waals surface area contributed by atoms with Gasteiger partial charge in [0.25, 0.3) is 0 Å². The summed E-state index contributed by atoms with van der Waals surface area (Å²) in [4.78, 5) is 30.2. The van der Waals surface area contributed by atoms with E-state index in [1.165, 1.54) is 0 Å². The lowest BCUT2D eigenvalue weighted by molar-refractivity contribution is -0.118. The number of carbonyl (C=O) groups is 2. The molecule has 1 saturated heterocycles. The monoisotopic (exact) mass is 322 g/mol. The van der Waals surface area contributed by atoms with E-state index >= 15 is 0 Å². The third-order valence-corrected chi connectivity index (χ3v) is 3.95. The summed E-state index contributed by atoms with van der Waals surface area (Å²) >= 11 is 0. The minimum atomic E-state index is -0.405. The second-order valence-corrected chi connectivity index (χ2v) is 5.56. The van der Waals surface area contributed by atoms with Crippen molar-refractivity contribution in [3.05, 3.63) is 65.7 Å². The van der Waals surface area contributed by atoms with Crippen LogP contribution in [0.5, 0.6) is 0 Å². The maximum absolute atomic E-state index is 12.1. The molecule has 2 aromatic rings. The molecule has 2 aromatic carbocycles. The van der Waals surface area contributed by atoms with Gasteiger partial charge in [-0.05, 0) is 18.1 Å². The summed E-state index contributed by atoms with van der Waals surface area (Å²) in [7, 11) is 0. The lowest BCUT2D eigenvalue weighted by atomic mass is 10.1. The molecule has 1 amide bonds. The number of amides is 1. The van der Waals surface area contributed by atoms with E-state index in [0.29, 0.717) is 25.1 Å². The molecule has 0 unspecified atom stereocenters. The van der Waals surface area contributed by atoms with Crippen molar-refractivity contribution in [2.24, 2.45) is 5.16 Å². The minimum absolute atomic E-state index is 0.0434. The smallest absolute Gasteiger partial charge is 0.227 e. The van der Waals surface area contributed by atoms with Crippen LogP contribution in [-0.2, 0) is 21.0 Å². The first-order valence-corrected chi connectivity index (χ1v) is 7.85. The average molecular weight is 322 g/mol. The van der Waals surface area contributed by atoms with Gasteiger partial charge in [0.1, 0.15) is 12.9 Å². The molecule has 1 aliphatic rings. The molecule has 0 saturated carbocycles.